The molecule has 3 atom stereocenters. The molecule has 0 bridgehead atoms. The fourth-order valence-electron chi connectivity index (χ4n) is 2.83. The van der Waals surface area contributed by atoms with Gasteiger partial charge in [-0.3, -0.25) is 4.90 Å². The lowest BCUT2D eigenvalue weighted by Gasteiger charge is -2.27. The maximum absolute atomic E-state index is 3.69. The van der Waals surface area contributed by atoms with Crippen LogP contribution in [0, 0.1) is 0 Å². The predicted molar refractivity (Wildman–Crippen MR) is 73.4 cm³/mol. The van der Waals surface area contributed by atoms with Crippen LogP contribution in [0.1, 0.15) is 46.0 Å². The molecule has 2 fully saturated rings. The first-order valence-corrected chi connectivity index (χ1v) is 7.35. The zero-order valence-corrected chi connectivity index (χ0v) is 11.7. The van der Waals surface area contributed by atoms with E-state index in [0.29, 0.717) is 12.1 Å². The molecule has 2 aliphatic rings. The van der Waals surface area contributed by atoms with Crippen molar-refractivity contribution in [1.29, 1.82) is 0 Å². The normalized spacial score (nSPS) is 28.6. The molecule has 17 heavy (non-hydrogen) atoms. The highest BCUT2D eigenvalue weighted by molar-refractivity contribution is 4.86. The molecule has 0 spiro atoms. The van der Waals surface area contributed by atoms with E-state index < -0.39 is 0 Å². The SMILES string of the molecule is CC(CC1CCCN1)NCC(C)N(C)C1CC1. The molecular weight excluding hydrogens is 210 g/mol. The molecule has 1 saturated heterocycles. The third-order valence-corrected chi connectivity index (χ3v) is 4.38. The standard InChI is InChI=1S/C14H29N3/c1-11(9-13-5-4-8-15-13)16-10-12(2)17(3)14-6-7-14/h11-16H,4-10H2,1-3H3. The van der Waals surface area contributed by atoms with Gasteiger partial charge in [0.25, 0.3) is 0 Å². The van der Waals surface area contributed by atoms with Crippen LogP contribution in [0.25, 0.3) is 0 Å². The molecule has 100 valence electrons. The average Bonchev–Trinajstić information content (AvgIpc) is 3.05. The molecule has 1 heterocycles. The zero-order valence-electron chi connectivity index (χ0n) is 11.7. The van der Waals surface area contributed by atoms with E-state index in [1.807, 2.05) is 0 Å². The molecular formula is C14H29N3. The highest BCUT2D eigenvalue weighted by Gasteiger charge is 2.29. The number of hydrogen-bond donors (Lipinski definition) is 2. The van der Waals surface area contributed by atoms with Crippen LogP contribution in [0.3, 0.4) is 0 Å². The van der Waals surface area contributed by atoms with Crippen molar-refractivity contribution < 1.29 is 0 Å². The quantitative estimate of drug-likeness (QED) is 0.706. The average molecular weight is 239 g/mol. The van der Waals surface area contributed by atoms with Crippen LogP contribution in [-0.2, 0) is 0 Å². The van der Waals surface area contributed by atoms with Crippen LogP contribution in [0.2, 0.25) is 0 Å². The third-order valence-electron chi connectivity index (χ3n) is 4.38. The predicted octanol–water partition coefficient (Wildman–Crippen LogP) is 1.59. The molecule has 2 N–H and O–H groups in total. The van der Waals surface area contributed by atoms with Crippen molar-refractivity contribution in [2.24, 2.45) is 0 Å². The minimum atomic E-state index is 0.639. The van der Waals surface area contributed by atoms with Crippen molar-refractivity contribution in [1.82, 2.24) is 15.5 Å². The van der Waals surface area contributed by atoms with Crippen LogP contribution >= 0.6 is 0 Å². The first kappa shape index (κ1) is 13.3. The number of likely N-dealkylation sites (N-methyl/N-ethyl adjacent to an activating group) is 1. The van der Waals surface area contributed by atoms with Gasteiger partial charge in [-0.2, -0.15) is 0 Å². The summed E-state index contributed by atoms with van der Waals surface area (Å²) in [6.07, 6.45) is 6.81. The molecule has 0 aromatic rings. The first-order valence-electron chi connectivity index (χ1n) is 7.35. The van der Waals surface area contributed by atoms with Crippen molar-refractivity contribution in [3.8, 4) is 0 Å². The van der Waals surface area contributed by atoms with Crippen molar-refractivity contribution in [2.75, 3.05) is 20.1 Å². The van der Waals surface area contributed by atoms with Gasteiger partial charge in [-0.15, -0.1) is 0 Å². The first-order chi connectivity index (χ1) is 8.16. The fourth-order valence-corrected chi connectivity index (χ4v) is 2.83. The van der Waals surface area contributed by atoms with Crippen molar-refractivity contribution in [3.05, 3.63) is 0 Å². The van der Waals surface area contributed by atoms with Gasteiger partial charge in [0.15, 0.2) is 0 Å². The number of nitrogens with zero attached hydrogens (tertiary/aromatic N) is 1. The largest absolute Gasteiger partial charge is 0.314 e. The summed E-state index contributed by atoms with van der Waals surface area (Å²) in [6, 6.07) is 2.94. The number of nitrogens with one attached hydrogen (secondary N) is 2. The Morgan fingerprint density at radius 3 is 2.65 bits per heavy atom. The summed E-state index contributed by atoms with van der Waals surface area (Å²) in [7, 11) is 2.27. The smallest absolute Gasteiger partial charge is 0.0192 e. The fraction of sp³-hybridized carbons (Fsp3) is 1.00. The highest BCUT2D eigenvalue weighted by atomic mass is 15.2. The van der Waals surface area contributed by atoms with Crippen LogP contribution in [-0.4, -0.2) is 49.2 Å². The molecule has 0 aromatic heterocycles. The molecule has 0 amide bonds. The monoisotopic (exact) mass is 239 g/mol. The minimum absolute atomic E-state index is 0.639. The van der Waals surface area contributed by atoms with Gasteiger partial charge in [-0.05, 0) is 59.5 Å². The van der Waals surface area contributed by atoms with E-state index in [-0.39, 0.29) is 0 Å². The Kier molecular flexibility index (Phi) is 4.83. The van der Waals surface area contributed by atoms with E-state index in [9.17, 15) is 0 Å². The van der Waals surface area contributed by atoms with E-state index in [4.69, 9.17) is 0 Å². The summed E-state index contributed by atoms with van der Waals surface area (Å²) in [5, 5.41) is 7.27. The second-order valence-corrected chi connectivity index (χ2v) is 6.08. The molecule has 0 aromatic carbocycles. The van der Waals surface area contributed by atoms with Gasteiger partial charge in [0.1, 0.15) is 0 Å². The van der Waals surface area contributed by atoms with Gasteiger partial charge in [0, 0.05) is 30.7 Å². The number of hydrogen-bond acceptors (Lipinski definition) is 3. The van der Waals surface area contributed by atoms with Crippen LogP contribution < -0.4 is 10.6 Å². The van der Waals surface area contributed by atoms with Crippen LogP contribution in [0.5, 0.6) is 0 Å². The second kappa shape index (κ2) is 6.17. The lowest BCUT2D eigenvalue weighted by atomic mass is 10.1. The molecule has 1 aliphatic carbocycles. The van der Waals surface area contributed by atoms with Gasteiger partial charge >= 0.3 is 0 Å². The second-order valence-electron chi connectivity index (χ2n) is 6.08. The lowest BCUT2D eigenvalue weighted by molar-refractivity contribution is 0.234. The molecule has 0 radical (unpaired) electrons. The molecule has 2 rings (SSSR count). The molecule has 3 nitrogen and oxygen atoms in total. The van der Waals surface area contributed by atoms with E-state index in [1.165, 1.54) is 38.6 Å². The van der Waals surface area contributed by atoms with Gasteiger partial charge in [-0.1, -0.05) is 0 Å². The molecule has 1 aliphatic heterocycles. The Morgan fingerprint density at radius 2 is 2.06 bits per heavy atom. The topological polar surface area (TPSA) is 27.3 Å². The molecule has 3 heteroatoms. The summed E-state index contributed by atoms with van der Waals surface area (Å²) in [4.78, 5) is 2.54. The third kappa shape index (κ3) is 4.23. The Morgan fingerprint density at radius 1 is 1.29 bits per heavy atom. The van der Waals surface area contributed by atoms with Crippen LogP contribution in [0.4, 0.5) is 0 Å². The van der Waals surface area contributed by atoms with E-state index in [2.05, 4.69) is 36.4 Å². The Bertz CT molecular complexity index is 222. The van der Waals surface area contributed by atoms with E-state index in [1.54, 1.807) is 0 Å². The lowest BCUT2D eigenvalue weighted by Crippen LogP contribution is -2.43. The Hall–Kier alpha value is -0.120. The molecule has 3 unspecified atom stereocenters. The van der Waals surface area contributed by atoms with Crippen LogP contribution in [0.15, 0.2) is 0 Å². The van der Waals surface area contributed by atoms with Gasteiger partial charge in [0.05, 0.1) is 0 Å². The maximum atomic E-state index is 3.69. The van der Waals surface area contributed by atoms with Gasteiger partial charge < -0.3 is 10.6 Å². The molecule has 1 saturated carbocycles. The van der Waals surface area contributed by atoms with Crippen molar-refractivity contribution in [3.63, 3.8) is 0 Å². The Labute approximate surface area is 106 Å². The summed E-state index contributed by atoms with van der Waals surface area (Å²) in [5.74, 6) is 0. The minimum Gasteiger partial charge on any atom is -0.314 e. The maximum Gasteiger partial charge on any atom is 0.0192 e. The highest BCUT2D eigenvalue weighted by Crippen LogP contribution is 2.26. The van der Waals surface area contributed by atoms with E-state index in [0.717, 1.165) is 18.6 Å². The zero-order chi connectivity index (χ0) is 12.3. The van der Waals surface area contributed by atoms with E-state index >= 15 is 0 Å². The van der Waals surface area contributed by atoms with Crippen molar-refractivity contribution >= 4 is 0 Å². The van der Waals surface area contributed by atoms with Gasteiger partial charge in [-0.25, -0.2) is 0 Å². The Balaban J connectivity index is 1.59. The number of rotatable bonds is 7. The summed E-state index contributed by atoms with van der Waals surface area (Å²) in [6.45, 7) is 7.01. The summed E-state index contributed by atoms with van der Waals surface area (Å²) >= 11 is 0. The van der Waals surface area contributed by atoms with Gasteiger partial charge in [0.2, 0.25) is 0 Å². The summed E-state index contributed by atoms with van der Waals surface area (Å²) < 4.78 is 0. The summed E-state index contributed by atoms with van der Waals surface area (Å²) in [5.41, 5.74) is 0. The van der Waals surface area contributed by atoms with Crippen molar-refractivity contribution in [2.45, 2.75) is 70.1 Å².